The van der Waals surface area contributed by atoms with Gasteiger partial charge in [-0.25, -0.2) is 0 Å². The number of nitrogens with zero attached hydrogens (tertiary/aromatic N) is 2. The van der Waals surface area contributed by atoms with Gasteiger partial charge in [0.05, 0.1) is 18.4 Å². The maximum Gasteiger partial charge on any atom is 0.361 e. The summed E-state index contributed by atoms with van der Waals surface area (Å²) in [6, 6.07) is 1.37. The third-order valence-electron chi connectivity index (χ3n) is 3.31. The summed E-state index contributed by atoms with van der Waals surface area (Å²) >= 11 is 0. The average molecular weight is 464 g/mol. The molecule has 0 atom stereocenters. The van der Waals surface area contributed by atoms with Crippen molar-refractivity contribution in [2.75, 3.05) is 44.6 Å². The number of nitrogens with two attached hydrogens (primary N) is 2. The number of anilines is 2. The lowest BCUT2D eigenvalue weighted by Crippen LogP contribution is -2.17. The lowest BCUT2D eigenvalue weighted by molar-refractivity contribution is -0.156. The Labute approximate surface area is 180 Å². The molecule has 0 saturated carbocycles. The van der Waals surface area contributed by atoms with Gasteiger partial charge in [-0.1, -0.05) is 27.7 Å². The third kappa shape index (κ3) is 10.9. The Morgan fingerprint density at radius 2 is 1.52 bits per heavy atom. The molecule has 13 nitrogen and oxygen atoms in total. The highest BCUT2D eigenvalue weighted by Gasteiger charge is 2.27. The van der Waals surface area contributed by atoms with Crippen molar-refractivity contribution in [2.24, 2.45) is 11.8 Å². The van der Waals surface area contributed by atoms with E-state index in [0.717, 1.165) is 0 Å². The molecule has 0 unspecified atom stereocenters. The fraction of sp³-hybridized carbons (Fsp3) is 0.647. The van der Waals surface area contributed by atoms with Crippen molar-refractivity contribution in [2.45, 2.75) is 27.7 Å². The summed E-state index contributed by atoms with van der Waals surface area (Å²) in [5, 5.41) is 0. The second-order valence-electron chi connectivity index (χ2n) is 6.72. The Kier molecular flexibility index (Phi) is 11.2. The van der Waals surface area contributed by atoms with Crippen LogP contribution in [-0.2, 0) is 37.4 Å². The van der Waals surface area contributed by atoms with E-state index in [0.29, 0.717) is 0 Å². The monoisotopic (exact) mass is 464 g/mol. The van der Waals surface area contributed by atoms with Crippen LogP contribution in [-0.4, -0.2) is 55.1 Å². The predicted molar refractivity (Wildman–Crippen MR) is 109 cm³/mol. The van der Waals surface area contributed by atoms with Crippen LogP contribution in [0, 0.1) is 11.8 Å². The van der Waals surface area contributed by atoms with E-state index in [1.807, 2.05) is 0 Å². The van der Waals surface area contributed by atoms with Crippen LogP contribution in [0.4, 0.5) is 11.8 Å². The van der Waals surface area contributed by atoms with Crippen LogP contribution in [0.3, 0.4) is 0 Å². The highest BCUT2D eigenvalue weighted by molar-refractivity contribution is 7.53. The molecule has 0 fully saturated rings. The van der Waals surface area contributed by atoms with Crippen molar-refractivity contribution in [1.82, 2.24) is 9.97 Å². The minimum absolute atomic E-state index is 0.0144. The van der Waals surface area contributed by atoms with E-state index in [4.69, 9.17) is 39.5 Å². The van der Waals surface area contributed by atoms with Crippen LogP contribution in [0.15, 0.2) is 6.07 Å². The van der Waals surface area contributed by atoms with Gasteiger partial charge in [0.2, 0.25) is 25.4 Å². The van der Waals surface area contributed by atoms with Gasteiger partial charge in [0.1, 0.15) is 18.8 Å². The van der Waals surface area contributed by atoms with E-state index < -0.39 is 51.3 Å². The smallest absolute Gasteiger partial charge is 0.361 e. The normalized spacial score (nSPS) is 11.5. The first-order chi connectivity index (χ1) is 14.5. The maximum absolute atomic E-state index is 12.8. The highest BCUT2D eigenvalue weighted by atomic mass is 31.2. The van der Waals surface area contributed by atoms with Gasteiger partial charge < -0.3 is 30.4 Å². The number of carbonyl (C=O) groups is 2. The SMILES string of the molecule is CC(C)C(=O)OCOP(=O)(COCCOc1cc(N)nc(N)n1)OCOC(=O)C(C)C. The van der Waals surface area contributed by atoms with Crippen molar-refractivity contribution in [1.29, 1.82) is 0 Å². The number of hydrogen-bond donors (Lipinski definition) is 2. The van der Waals surface area contributed by atoms with Crippen LogP contribution in [0.2, 0.25) is 0 Å². The second-order valence-corrected chi connectivity index (χ2v) is 8.71. The van der Waals surface area contributed by atoms with Gasteiger partial charge in [-0.15, -0.1) is 0 Å². The zero-order valence-electron chi connectivity index (χ0n) is 17.9. The number of ether oxygens (including phenoxy) is 4. The number of nitrogen functional groups attached to an aromatic ring is 2. The van der Waals surface area contributed by atoms with Crippen LogP contribution < -0.4 is 16.2 Å². The summed E-state index contributed by atoms with van der Waals surface area (Å²) in [4.78, 5) is 30.6. The summed E-state index contributed by atoms with van der Waals surface area (Å²) in [5.41, 5.74) is 11.0. The topological polar surface area (TPSA) is 184 Å². The predicted octanol–water partition coefficient (Wildman–Crippen LogP) is 1.53. The van der Waals surface area contributed by atoms with E-state index in [1.54, 1.807) is 27.7 Å². The van der Waals surface area contributed by atoms with Crippen LogP contribution >= 0.6 is 7.60 Å². The molecule has 0 aliphatic rings. The van der Waals surface area contributed by atoms with Crippen molar-refractivity contribution in [3.05, 3.63) is 6.07 Å². The van der Waals surface area contributed by atoms with Gasteiger partial charge in [-0.3, -0.25) is 23.2 Å². The molecule has 1 aromatic rings. The molecular formula is C17H29N4O9P. The Bertz CT molecular complexity index is 726. The number of rotatable bonds is 14. The first kappa shape index (κ1) is 26.6. The van der Waals surface area contributed by atoms with E-state index in [1.165, 1.54) is 6.07 Å². The van der Waals surface area contributed by atoms with Crippen molar-refractivity contribution in [3.63, 3.8) is 0 Å². The Balaban J connectivity index is 2.52. The third-order valence-corrected chi connectivity index (χ3v) is 4.81. The standard InChI is InChI=1S/C17H29N4O9P/c1-11(2)15(22)27-8-29-31(24,30-9-28-16(23)12(3)4)10-25-5-6-26-14-7-13(18)20-17(19)21-14/h7,11-12H,5-6,8-10H2,1-4H3,(H4,18,19,20,21). The van der Waals surface area contributed by atoms with Gasteiger partial charge in [-0.05, 0) is 0 Å². The number of hydrogen-bond acceptors (Lipinski definition) is 13. The molecule has 1 heterocycles. The summed E-state index contributed by atoms with van der Waals surface area (Å²) in [6.45, 7) is 5.27. The quantitative estimate of drug-likeness (QED) is 0.175. The second kappa shape index (κ2) is 13.1. The number of esters is 2. The van der Waals surface area contributed by atoms with Crippen LogP contribution in [0.25, 0.3) is 0 Å². The molecular weight excluding hydrogens is 435 g/mol. The lowest BCUT2D eigenvalue weighted by atomic mass is 10.2. The molecule has 0 spiro atoms. The molecule has 1 aromatic heterocycles. The Hall–Kier alpha value is -2.47. The zero-order chi connectivity index (χ0) is 23.4. The van der Waals surface area contributed by atoms with Crippen molar-refractivity contribution >= 4 is 31.3 Å². The summed E-state index contributed by atoms with van der Waals surface area (Å²) in [7, 11) is -3.92. The van der Waals surface area contributed by atoms with Gasteiger partial charge in [0.25, 0.3) is 0 Å². The summed E-state index contributed by atoms with van der Waals surface area (Å²) in [5.74, 6) is -1.64. The summed E-state index contributed by atoms with van der Waals surface area (Å²) in [6.07, 6.45) is -0.511. The molecule has 0 radical (unpaired) electrons. The molecule has 176 valence electrons. The largest absolute Gasteiger partial charge is 0.475 e. The van der Waals surface area contributed by atoms with E-state index in [-0.39, 0.29) is 30.9 Å². The zero-order valence-corrected chi connectivity index (χ0v) is 18.8. The number of carbonyl (C=O) groups excluding carboxylic acids is 2. The molecule has 0 aliphatic heterocycles. The van der Waals surface area contributed by atoms with Crippen molar-refractivity contribution < 1.29 is 42.1 Å². The molecule has 0 aliphatic carbocycles. The van der Waals surface area contributed by atoms with Gasteiger partial charge in [0, 0.05) is 6.07 Å². The minimum Gasteiger partial charge on any atom is -0.475 e. The molecule has 0 aromatic carbocycles. The fourth-order valence-corrected chi connectivity index (χ4v) is 2.69. The van der Waals surface area contributed by atoms with Gasteiger partial charge >= 0.3 is 19.5 Å². The molecule has 0 amide bonds. The minimum atomic E-state index is -3.92. The van der Waals surface area contributed by atoms with Gasteiger partial charge in [-0.2, -0.15) is 9.97 Å². The maximum atomic E-state index is 12.8. The molecule has 1 rings (SSSR count). The summed E-state index contributed by atoms with van der Waals surface area (Å²) < 4.78 is 43.2. The van der Waals surface area contributed by atoms with Gasteiger partial charge in [0.15, 0.2) is 0 Å². The molecule has 0 bridgehead atoms. The fourth-order valence-electron chi connectivity index (χ4n) is 1.69. The first-order valence-corrected chi connectivity index (χ1v) is 11.1. The average Bonchev–Trinajstić information content (AvgIpc) is 2.66. The highest BCUT2D eigenvalue weighted by Crippen LogP contribution is 2.48. The lowest BCUT2D eigenvalue weighted by Gasteiger charge is -2.19. The van der Waals surface area contributed by atoms with Crippen LogP contribution in [0.5, 0.6) is 5.88 Å². The van der Waals surface area contributed by atoms with Crippen molar-refractivity contribution in [3.8, 4) is 5.88 Å². The molecule has 0 saturated heterocycles. The Morgan fingerprint density at radius 3 is 2.00 bits per heavy atom. The molecule has 31 heavy (non-hydrogen) atoms. The Morgan fingerprint density at radius 1 is 0.968 bits per heavy atom. The van der Waals surface area contributed by atoms with E-state index in [9.17, 15) is 14.2 Å². The van der Waals surface area contributed by atoms with Crippen LogP contribution in [0.1, 0.15) is 27.7 Å². The molecule has 4 N–H and O–H groups in total. The first-order valence-electron chi connectivity index (χ1n) is 9.34. The van der Waals surface area contributed by atoms with E-state index in [2.05, 4.69) is 9.97 Å². The molecule has 14 heteroatoms. The number of aromatic nitrogens is 2. The van der Waals surface area contributed by atoms with E-state index >= 15 is 0 Å².